The Morgan fingerprint density at radius 2 is 2.00 bits per heavy atom. The third kappa shape index (κ3) is 1.05. The SMILES string of the molecule is O=S1(=O)NC([S-])c2ccccc21. The van der Waals surface area contributed by atoms with Gasteiger partial charge in [0.05, 0.1) is 4.90 Å². The van der Waals surface area contributed by atoms with Gasteiger partial charge in [0.25, 0.3) is 0 Å². The van der Waals surface area contributed by atoms with E-state index in [0.29, 0.717) is 10.5 Å². The number of fused-ring (bicyclic) bond motifs is 1. The molecule has 5 heteroatoms. The van der Waals surface area contributed by atoms with Crippen LogP contribution in [-0.2, 0) is 22.7 Å². The summed E-state index contributed by atoms with van der Waals surface area (Å²) in [5.74, 6) is 0. The van der Waals surface area contributed by atoms with Gasteiger partial charge in [0.2, 0.25) is 10.0 Å². The van der Waals surface area contributed by atoms with Gasteiger partial charge < -0.3 is 12.6 Å². The molecule has 1 N–H and O–H groups in total. The van der Waals surface area contributed by atoms with E-state index in [1.54, 1.807) is 24.3 Å². The van der Waals surface area contributed by atoms with Gasteiger partial charge in [0.15, 0.2) is 0 Å². The fourth-order valence-corrected chi connectivity index (χ4v) is 3.16. The van der Waals surface area contributed by atoms with E-state index in [1.165, 1.54) is 0 Å². The van der Waals surface area contributed by atoms with Crippen molar-refractivity contribution in [1.82, 2.24) is 4.72 Å². The predicted molar refractivity (Wildman–Crippen MR) is 46.9 cm³/mol. The van der Waals surface area contributed by atoms with Crippen LogP contribution in [0.4, 0.5) is 0 Å². The lowest BCUT2D eigenvalue weighted by atomic mass is 10.2. The molecule has 0 aromatic heterocycles. The van der Waals surface area contributed by atoms with Crippen LogP contribution in [0, 0.1) is 0 Å². The smallest absolute Gasteiger partial charge is 0.239 e. The van der Waals surface area contributed by atoms with E-state index in [1.807, 2.05) is 0 Å². The Bertz CT molecular complexity index is 413. The van der Waals surface area contributed by atoms with Gasteiger partial charge in [0, 0.05) is 0 Å². The Balaban J connectivity index is 2.74. The van der Waals surface area contributed by atoms with E-state index in [2.05, 4.69) is 4.72 Å². The highest BCUT2D eigenvalue weighted by Gasteiger charge is 2.25. The number of nitrogens with one attached hydrogen (secondary N) is 1. The van der Waals surface area contributed by atoms with Crippen LogP contribution in [0.25, 0.3) is 0 Å². The van der Waals surface area contributed by atoms with E-state index < -0.39 is 15.4 Å². The van der Waals surface area contributed by atoms with Crippen molar-refractivity contribution in [3.63, 3.8) is 0 Å². The summed E-state index contributed by atoms with van der Waals surface area (Å²) in [5, 5.41) is -0.508. The summed E-state index contributed by atoms with van der Waals surface area (Å²) in [6.45, 7) is 0. The Morgan fingerprint density at radius 3 is 2.67 bits per heavy atom. The van der Waals surface area contributed by atoms with Crippen molar-refractivity contribution in [1.29, 1.82) is 0 Å². The van der Waals surface area contributed by atoms with Crippen molar-refractivity contribution in [3.05, 3.63) is 29.8 Å². The van der Waals surface area contributed by atoms with Gasteiger partial charge in [-0.3, -0.25) is 0 Å². The average Bonchev–Trinajstić information content (AvgIpc) is 2.25. The Hall–Kier alpha value is -0.520. The van der Waals surface area contributed by atoms with Crippen LogP contribution in [0.15, 0.2) is 29.2 Å². The molecule has 64 valence electrons. The molecule has 12 heavy (non-hydrogen) atoms. The number of hydrogen-bond acceptors (Lipinski definition) is 3. The second kappa shape index (κ2) is 2.48. The molecule has 0 spiro atoms. The summed E-state index contributed by atoms with van der Waals surface area (Å²) in [6, 6.07) is 6.75. The third-order valence-electron chi connectivity index (χ3n) is 1.75. The maximum atomic E-state index is 11.3. The molecule has 1 heterocycles. The summed E-state index contributed by atoms with van der Waals surface area (Å²) in [6.07, 6.45) is 0. The minimum absolute atomic E-state index is 0.310. The van der Waals surface area contributed by atoms with Crippen molar-refractivity contribution < 1.29 is 8.42 Å². The Labute approximate surface area is 76.3 Å². The van der Waals surface area contributed by atoms with Gasteiger partial charge in [-0.1, -0.05) is 23.6 Å². The lowest BCUT2D eigenvalue weighted by molar-refractivity contribution is 0.589. The highest BCUT2D eigenvalue weighted by atomic mass is 32.2. The molecule has 1 unspecified atom stereocenters. The zero-order valence-electron chi connectivity index (χ0n) is 6.02. The predicted octanol–water partition coefficient (Wildman–Crippen LogP) is 0.524. The van der Waals surface area contributed by atoms with Gasteiger partial charge in [-0.25, -0.2) is 13.1 Å². The van der Waals surface area contributed by atoms with Gasteiger partial charge in [0.1, 0.15) is 0 Å². The van der Waals surface area contributed by atoms with E-state index in [0.717, 1.165) is 0 Å². The third-order valence-corrected chi connectivity index (χ3v) is 3.77. The molecule has 2 rings (SSSR count). The van der Waals surface area contributed by atoms with Crippen molar-refractivity contribution >= 4 is 22.7 Å². The van der Waals surface area contributed by atoms with Crippen LogP contribution in [0.5, 0.6) is 0 Å². The normalized spacial score (nSPS) is 25.2. The van der Waals surface area contributed by atoms with Crippen LogP contribution >= 0.6 is 0 Å². The van der Waals surface area contributed by atoms with Crippen LogP contribution in [0.2, 0.25) is 0 Å². The van der Waals surface area contributed by atoms with Crippen LogP contribution < -0.4 is 4.72 Å². The molecule has 0 saturated carbocycles. The number of hydrogen-bond donors (Lipinski definition) is 1. The second-order valence-electron chi connectivity index (χ2n) is 2.54. The number of sulfonamides is 1. The van der Waals surface area contributed by atoms with Gasteiger partial charge in [-0.05, 0) is 11.6 Å². The lowest BCUT2D eigenvalue weighted by Crippen LogP contribution is -2.17. The summed E-state index contributed by atoms with van der Waals surface area (Å²) in [5.41, 5.74) is 0.674. The Kier molecular flexibility index (Phi) is 1.67. The molecule has 0 saturated heterocycles. The minimum Gasteiger partial charge on any atom is -0.768 e. The zero-order chi connectivity index (χ0) is 8.77. The van der Waals surface area contributed by atoms with E-state index in [4.69, 9.17) is 12.6 Å². The highest BCUT2D eigenvalue weighted by molar-refractivity contribution is 7.90. The number of benzene rings is 1. The molecule has 0 bridgehead atoms. The van der Waals surface area contributed by atoms with Gasteiger partial charge in [-0.2, -0.15) is 0 Å². The Morgan fingerprint density at radius 1 is 1.33 bits per heavy atom. The highest BCUT2D eigenvalue weighted by Crippen LogP contribution is 2.28. The first-order valence-electron chi connectivity index (χ1n) is 3.38. The number of rotatable bonds is 0. The van der Waals surface area contributed by atoms with Crippen molar-refractivity contribution in [2.75, 3.05) is 0 Å². The van der Waals surface area contributed by atoms with E-state index >= 15 is 0 Å². The average molecular weight is 200 g/mol. The molecule has 0 radical (unpaired) electrons. The fraction of sp³-hybridized carbons (Fsp3) is 0.143. The molecule has 0 aliphatic carbocycles. The topological polar surface area (TPSA) is 46.2 Å². The summed E-state index contributed by atoms with van der Waals surface area (Å²) in [7, 11) is -3.31. The molecule has 1 aliphatic rings. The summed E-state index contributed by atoms with van der Waals surface area (Å²) < 4.78 is 24.9. The molecule has 1 atom stereocenters. The molecule has 1 aromatic rings. The summed E-state index contributed by atoms with van der Waals surface area (Å²) in [4.78, 5) is 0.310. The van der Waals surface area contributed by atoms with E-state index in [-0.39, 0.29) is 0 Å². The van der Waals surface area contributed by atoms with Crippen molar-refractivity contribution in [2.45, 2.75) is 10.3 Å². The minimum atomic E-state index is -3.31. The maximum Gasteiger partial charge on any atom is 0.239 e. The molecule has 0 fully saturated rings. The molecule has 1 aromatic carbocycles. The lowest BCUT2D eigenvalue weighted by Gasteiger charge is -2.13. The standard InChI is InChI=1S/C7H7NO2S2/c9-12(10)6-4-2-1-3-5(6)7(11)8-12/h1-4,7-8,11H/p-1. The van der Waals surface area contributed by atoms with Crippen LogP contribution in [0.1, 0.15) is 10.9 Å². The molecule has 1 aliphatic heterocycles. The monoisotopic (exact) mass is 200 g/mol. The quantitative estimate of drug-likeness (QED) is 0.621. The van der Waals surface area contributed by atoms with Crippen molar-refractivity contribution in [2.24, 2.45) is 0 Å². The van der Waals surface area contributed by atoms with Gasteiger partial charge in [-0.15, -0.1) is 0 Å². The maximum absolute atomic E-state index is 11.3. The first kappa shape index (κ1) is 8.10. The van der Waals surface area contributed by atoms with Gasteiger partial charge >= 0.3 is 0 Å². The van der Waals surface area contributed by atoms with Crippen molar-refractivity contribution in [3.8, 4) is 0 Å². The van der Waals surface area contributed by atoms with Crippen LogP contribution in [0.3, 0.4) is 0 Å². The van der Waals surface area contributed by atoms with E-state index in [9.17, 15) is 8.42 Å². The molecule has 0 amide bonds. The first-order chi connectivity index (χ1) is 5.61. The fourth-order valence-electron chi connectivity index (χ4n) is 1.21. The first-order valence-corrected chi connectivity index (χ1v) is 5.34. The molecule has 3 nitrogen and oxygen atoms in total. The zero-order valence-corrected chi connectivity index (χ0v) is 7.65. The largest absolute Gasteiger partial charge is 0.768 e. The second-order valence-corrected chi connectivity index (χ2v) is 4.69. The molecular formula is C7H6NO2S2-. The molecular weight excluding hydrogens is 194 g/mol. The van der Waals surface area contributed by atoms with Crippen LogP contribution in [-0.4, -0.2) is 8.42 Å². The summed E-state index contributed by atoms with van der Waals surface area (Å²) >= 11 is 4.92.